The Morgan fingerprint density at radius 3 is 2.44 bits per heavy atom. The second-order valence-corrected chi connectivity index (χ2v) is 9.45. The van der Waals surface area contributed by atoms with Crippen molar-refractivity contribution < 1.29 is 28.6 Å². The Morgan fingerprint density at radius 2 is 1.79 bits per heavy atom. The molecule has 9 heteroatoms. The van der Waals surface area contributed by atoms with E-state index in [1.54, 1.807) is 49.9 Å². The van der Waals surface area contributed by atoms with Gasteiger partial charge < -0.3 is 29.2 Å². The van der Waals surface area contributed by atoms with Crippen molar-refractivity contribution >= 4 is 34.6 Å². The summed E-state index contributed by atoms with van der Waals surface area (Å²) >= 11 is 6.44. The number of aromatic hydroxyl groups is 1. The second kappa shape index (κ2) is 9.56. The third-order valence-corrected chi connectivity index (χ3v) is 5.62. The van der Waals surface area contributed by atoms with Crippen LogP contribution in [0.5, 0.6) is 5.75 Å². The van der Waals surface area contributed by atoms with E-state index in [-0.39, 0.29) is 24.0 Å². The molecule has 1 aromatic heterocycles. The predicted molar refractivity (Wildman–Crippen MR) is 128 cm³/mol. The predicted octanol–water partition coefficient (Wildman–Crippen LogP) is 4.96. The molecule has 0 radical (unpaired) electrons. The minimum absolute atomic E-state index is 0.0297. The number of carbonyl (C=O) groups excluding carboxylic acids is 2. The van der Waals surface area contributed by atoms with Gasteiger partial charge in [0.15, 0.2) is 17.1 Å². The minimum Gasteiger partial charge on any atom is -0.504 e. The van der Waals surface area contributed by atoms with Crippen molar-refractivity contribution in [2.45, 2.75) is 32.9 Å². The van der Waals surface area contributed by atoms with E-state index < -0.39 is 11.7 Å². The van der Waals surface area contributed by atoms with Crippen LogP contribution in [0.1, 0.15) is 36.9 Å². The van der Waals surface area contributed by atoms with Gasteiger partial charge >= 0.3 is 6.09 Å². The number of ether oxygens (including phenoxy) is 2. The fourth-order valence-corrected chi connectivity index (χ4v) is 3.96. The van der Waals surface area contributed by atoms with Gasteiger partial charge in [0, 0.05) is 18.7 Å². The lowest BCUT2D eigenvalue weighted by atomic mass is 10.0. The molecule has 2 amide bonds. The van der Waals surface area contributed by atoms with Crippen LogP contribution in [0.25, 0.3) is 22.1 Å². The molecule has 34 heavy (non-hydrogen) atoms. The molecule has 1 saturated heterocycles. The number of fused-ring (bicyclic) bond motifs is 1. The zero-order valence-electron chi connectivity index (χ0n) is 19.3. The Kier molecular flexibility index (Phi) is 6.72. The number of hydrogen-bond acceptors (Lipinski definition) is 6. The van der Waals surface area contributed by atoms with Gasteiger partial charge in [-0.3, -0.25) is 4.79 Å². The average Bonchev–Trinajstić information content (AvgIpc) is 3.13. The van der Waals surface area contributed by atoms with Crippen molar-refractivity contribution in [1.82, 2.24) is 10.2 Å². The molecule has 1 aliphatic heterocycles. The van der Waals surface area contributed by atoms with Gasteiger partial charge in [-0.25, -0.2) is 4.79 Å². The fourth-order valence-electron chi connectivity index (χ4n) is 3.70. The largest absolute Gasteiger partial charge is 0.504 e. The standard InChI is InChI=1S/C25H27ClN2O6/c1-25(2,3)34-24(31)27-14-20-21(29)18-12-17(13-19(26)22(18)33-20)15-4-6-16(7-5-15)23(30)28-8-10-32-11-9-28/h4-7,12-13,29H,8-11,14H2,1-3H3,(H,27,31). The lowest BCUT2D eigenvalue weighted by molar-refractivity contribution is 0.0303. The maximum Gasteiger partial charge on any atom is 0.408 e. The molecule has 0 bridgehead atoms. The van der Waals surface area contributed by atoms with Crippen LogP contribution in [0.3, 0.4) is 0 Å². The highest BCUT2D eigenvalue weighted by atomic mass is 35.5. The molecule has 1 aliphatic rings. The first-order valence-electron chi connectivity index (χ1n) is 11.0. The molecule has 2 aromatic carbocycles. The van der Waals surface area contributed by atoms with Crippen molar-refractivity contribution in [3.63, 3.8) is 0 Å². The lowest BCUT2D eigenvalue weighted by Crippen LogP contribution is -2.40. The molecule has 3 aromatic rings. The monoisotopic (exact) mass is 486 g/mol. The number of amides is 2. The highest BCUT2D eigenvalue weighted by Crippen LogP contribution is 2.39. The Bertz CT molecular complexity index is 1210. The zero-order chi connectivity index (χ0) is 24.5. The number of morpholine rings is 1. The molecule has 8 nitrogen and oxygen atoms in total. The number of rotatable bonds is 4. The number of hydrogen-bond donors (Lipinski definition) is 2. The Balaban J connectivity index is 1.54. The van der Waals surface area contributed by atoms with E-state index in [9.17, 15) is 14.7 Å². The quantitative estimate of drug-likeness (QED) is 0.540. The number of halogens is 1. The number of nitrogens with one attached hydrogen (secondary N) is 1. The van der Waals surface area contributed by atoms with Gasteiger partial charge in [0.2, 0.25) is 0 Å². The van der Waals surface area contributed by atoms with Crippen LogP contribution in [0.4, 0.5) is 4.79 Å². The number of benzene rings is 2. The van der Waals surface area contributed by atoms with E-state index >= 15 is 0 Å². The van der Waals surface area contributed by atoms with Gasteiger partial charge in [0.05, 0.1) is 30.2 Å². The van der Waals surface area contributed by atoms with Gasteiger partial charge in [-0.2, -0.15) is 0 Å². The van der Waals surface area contributed by atoms with E-state index in [1.165, 1.54) is 0 Å². The van der Waals surface area contributed by atoms with Crippen LogP contribution in [0.2, 0.25) is 5.02 Å². The van der Waals surface area contributed by atoms with Crippen molar-refractivity contribution in [3.05, 3.63) is 52.7 Å². The highest BCUT2D eigenvalue weighted by molar-refractivity contribution is 6.35. The average molecular weight is 487 g/mol. The molecule has 0 atom stereocenters. The summed E-state index contributed by atoms with van der Waals surface area (Å²) in [6.07, 6.45) is -0.620. The molecular formula is C25H27ClN2O6. The van der Waals surface area contributed by atoms with Gasteiger partial charge in [-0.05, 0) is 56.2 Å². The summed E-state index contributed by atoms with van der Waals surface area (Å²) in [5, 5.41) is 14.0. The van der Waals surface area contributed by atoms with Crippen molar-refractivity contribution in [1.29, 1.82) is 0 Å². The summed E-state index contributed by atoms with van der Waals surface area (Å²) in [6, 6.07) is 10.7. The maximum absolute atomic E-state index is 12.7. The molecule has 0 aliphatic carbocycles. The molecule has 2 heterocycles. The van der Waals surface area contributed by atoms with Crippen LogP contribution < -0.4 is 5.32 Å². The van der Waals surface area contributed by atoms with Gasteiger partial charge in [0.1, 0.15) is 5.60 Å². The molecule has 0 saturated carbocycles. The summed E-state index contributed by atoms with van der Waals surface area (Å²) in [6.45, 7) is 7.49. The first kappa shape index (κ1) is 23.9. The Hall–Kier alpha value is -3.23. The smallest absolute Gasteiger partial charge is 0.408 e. The van der Waals surface area contributed by atoms with Crippen molar-refractivity contribution in [2.24, 2.45) is 0 Å². The first-order chi connectivity index (χ1) is 16.1. The van der Waals surface area contributed by atoms with E-state index in [1.807, 2.05) is 12.1 Å². The Morgan fingerprint density at radius 1 is 1.12 bits per heavy atom. The van der Waals surface area contributed by atoms with Crippen molar-refractivity contribution in [2.75, 3.05) is 26.3 Å². The number of nitrogens with zero attached hydrogens (tertiary/aromatic N) is 1. The Labute approximate surface area is 202 Å². The number of carbonyl (C=O) groups is 2. The molecule has 4 rings (SSSR count). The first-order valence-corrected chi connectivity index (χ1v) is 11.4. The van der Waals surface area contributed by atoms with E-state index in [0.29, 0.717) is 47.9 Å². The van der Waals surface area contributed by atoms with Crippen molar-refractivity contribution in [3.8, 4) is 16.9 Å². The van der Waals surface area contributed by atoms with Crippen LogP contribution in [-0.2, 0) is 16.0 Å². The van der Waals surface area contributed by atoms with Gasteiger partial charge in [-0.15, -0.1) is 0 Å². The van der Waals surface area contributed by atoms with Gasteiger partial charge in [-0.1, -0.05) is 23.7 Å². The molecule has 0 unspecified atom stereocenters. The van der Waals surface area contributed by atoms with E-state index in [0.717, 1.165) is 11.1 Å². The third kappa shape index (κ3) is 5.29. The van der Waals surface area contributed by atoms with E-state index in [4.69, 9.17) is 25.5 Å². The number of furan rings is 1. The summed E-state index contributed by atoms with van der Waals surface area (Å²) in [4.78, 5) is 26.4. The SMILES string of the molecule is CC(C)(C)OC(=O)NCc1oc2c(Cl)cc(-c3ccc(C(=O)N4CCOCC4)cc3)cc2c1O. The van der Waals surface area contributed by atoms with Crippen LogP contribution in [-0.4, -0.2) is 53.9 Å². The molecular weight excluding hydrogens is 460 g/mol. The summed E-state index contributed by atoms with van der Waals surface area (Å²) in [5.74, 6) is 0.0400. The normalized spacial score (nSPS) is 14.3. The topological polar surface area (TPSA) is 101 Å². The minimum atomic E-state index is -0.638. The molecule has 1 fully saturated rings. The highest BCUT2D eigenvalue weighted by Gasteiger charge is 2.21. The molecule has 0 spiro atoms. The van der Waals surface area contributed by atoms with Crippen LogP contribution >= 0.6 is 11.6 Å². The number of alkyl carbamates (subject to hydrolysis) is 1. The third-order valence-electron chi connectivity index (χ3n) is 5.34. The van der Waals surface area contributed by atoms with E-state index in [2.05, 4.69) is 5.32 Å². The summed E-state index contributed by atoms with van der Waals surface area (Å²) < 4.78 is 16.2. The van der Waals surface area contributed by atoms with Gasteiger partial charge in [0.25, 0.3) is 5.91 Å². The fraction of sp³-hybridized carbons (Fsp3) is 0.360. The second-order valence-electron chi connectivity index (χ2n) is 9.05. The molecule has 2 N–H and O–H groups in total. The summed E-state index contributed by atoms with van der Waals surface area (Å²) in [7, 11) is 0. The van der Waals surface area contributed by atoms with Crippen LogP contribution in [0, 0.1) is 0 Å². The van der Waals surface area contributed by atoms with Crippen LogP contribution in [0.15, 0.2) is 40.8 Å². The molecule has 180 valence electrons. The maximum atomic E-state index is 12.7. The zero-order valence-corrected chi connectivity index (χ0v) is 20.1. The lowest BCUT2D eigenvalue weighted by Gasteiger charge is -2.26. The summed E-state index contributed by atoms with van der Waals surface area (Å²) in [5.41, 5.74) is 1.87.